The van der Waals surface area contributed by atoms with E-state index < -0.39 is 10.0 Å². The lowest BCUT2D eigenvalue weighted by Crippen LogP contribution is -2.34. The smallest absolute Gasteiger partial charge is 0.251 e. The van der Waals surface area contributed by atoms with E-state index in [0.29, 0.717) is 17.2 Å². The third-order valence-corrected chi connectivity index (χ3v) is 8.51. The first-order valence-electron chi connectivity index (χ1n) is 13.3. The summed E-state index contributed by atoms with van der Waals surface area (Å²) < 4.78 is 26.7. The fourth-order valence-electron chi connectivity index (χ4n) is 5.25. The molecular formula is C31H39N3O3S. The lowest BCUT2D eigenvalue weighted by atomic mass is 9.99. The molecule has 0 radical (unpaired) electrons. The lowest BCUT2D eigenvalue weighted by molar-refractivity contribution is 0.0940. The molecule has 1 aliphatic rings. The second-order valence-electron chi connectivity index (χ2n) is 10.7. The fraction of sp³-hybridized carbons (Fsp3) is 0.387. The molecule has 1 saturated heterocycles. The van der Waals surface area contributed by atoms with Gasteiger partial charge in [0, 0.05) is 24.3 Å². The molecule has 0 spiro atoms. The predicted molar refractivity (Wildman–Crippen MR) is 156 cm³/mol. The van der Waals surface area contributed by atoms with Gasteiger partial charge in [-0.25, -0.2) is 8.42 Å². The lowest BCUT2D eigenvalue weighted by Gasteiger charge is -2.33. The molecule has 1 N–H and O–H groups in total. The summed E-state index contributed by atoms with van der Waals surface area (Å²) in [6, 6.07) is 21.2. The van der Waals surface area contributed by atoms with E-state index in [-0.39, 0.29) is 18.5 Å². The van der Waals surface area contributed by atoms with Gasteiger partial charge < -0.3 is 10.2 Å². The van der Waals surface area contributed by atoms with Crippen LogP contribution in [0.1, 0.15) is 65.3 Å². The standard InChI is InChI=1S/C31H39N3O3S/c1-22-8-7-19-33(20-22)29-17-15-27(16-18-29)25(4)32-31(35)28-13-11-26(12-14-28)21-34(38(5,36)37)30-23(2)9-6-10-24(30)3/h6,9-18,22,25H,7-8,19-21H2,1-5H3,(H,32,35)/t22-,25-/m0/s1. The zero-order valence-corrected chi connectivity index (χ0v) is 23.9. The second kappa shape index (κ2) is 11.6. The molecule has 1 fully saturated rings. The van der Waals surface area contributed by atoms with Gasteiger partial charge in [-0.05, 0) is 86.1 Å². The van der Waals surface area contributed by atoms with Crippen LogP contribution in [0.4, 0.5) is 11.4 Å². The van der Waals surface area contributed by atoms with E-state index >= 15 is 0 Å². The van der Waals surface area contributed by atoms with Crippen molar-refractivity contribution in [1.82, 2.24) is 5.32 Å². The van der Waals surface area contributed by atoms with Gasteiger partial charge in [0.25, 0.3) is 5.91 Å². The minimum absolute atomic E-state index is 0.138. The predicted octanol–water partition coefficient (Wildman–Crippen LogP) is 6.00. The van der Waals surface area contributed by atoms with Crippen molar-refractivity contribution in [2.75, 3.05) is 28.6 Å². The minimum Gasteiger partial charge on any atom is -0.371 e. The third-order valence-electron chi connectivity index (χ3n) is 7.39. The van der Waals surface area contributed by atoms with E-state index in [4.69, 9.17) is 0 Å². The summed E-state index contributed by atoms with van der Waals surface area (Å²) in [5, 5.41) is 3.08. The van der Waals surface area contributed by atoms with Crippen molar-refractivity contribution in [2.45, 2.75) is 53.1 Å². The van der Waals surface area contributed by atoms with E-state index in [1.165, 1.54) is 29.1 Å². The number of hydrogen-bond donors (Lipinski definition) is 1. The summed E-state index contributed by atoms with van der Waals surface area (Å²) in [6.45, 7) is 10.5. The molecule has 1 heterocycles. The molecule has 2 atom stereocenters. The normalized spacial score (nSPS) is 16.7. The number of para-hydroxylation sites is 1. The van der Waals surface area contributed by atoms with Crippen LogP contribution < -0.4 is 14.5 Å². The summed E-state index contributed by atoms with van der Waals surface area (Å²) in [6.07, 6.45) is 3.74. The summed E-state index contributed by atoms with van der Waals surface area (Å²) in [5.41, 5.74) is 6.15. The Hall–Kier alpha value is -3.32. The van der Waals surface area contributed by atoms with Crippen LogP contribution in [-0.2, 0) is 16.6 Å². The summed E-state index contributed by atoms with van der Waals surface area (Å²) in [7, 11) is -3.50. The topological polar surface area (TPSA) is 69.7 Å². The molecule has 38 heavy (non-hydrogen) atoms. The van der Waals surface area contributed by atoms with Crippen LogP contribution in [0, 0.1) is 19.8 Å². The van der Waals surface area contributed by atoms with Crippen molar-refractivity contribution in [3.63, 3.8) is 0 Å². The van der Waals surface area contributed by atoms with E-state index in [9.17, 15) is 13.2 Å². The first-order chi connectivity index (χ1) is 18.0. The molecule has 3 aromatic rings. The number of benzene rings is 3. The average molecular weight is 534 g/mol. The van der Waals surface area contributed by atoms with Gasteiger partial charge in [0.1, 0.15) is 0 Å². The highest BCUT2D eigenvalue weighted by molar-refractivity contribution is 7.92. The number of amides is 1. The van der Waals surface area contributed by atoms with Crippen molar-refractivity contribution < 1.29 is 13.2 Å². The van der Waals surface area contributed by atoms with Gasteiger partial charge in [0.15, 0.2) is 0 Å². The molecule has 1 aliphatic heterocycles. The molecule has 7 heteroatoms. The monoisotopic (exact) mass is 533 g/mol. The quantitative estimate of drug-likeness (QED) is 0.386. The molecule has 0 aliphatic carbocycles. The number of nitrogens with zero attached hydrogens (tertiary/aromatic N) is 2. The van der Waals surface area contributed by atoms with Gasteiger partial charge in [0.2, 0.25) is 10.0 Å². The Morgan fingerprint density at radius 3 is 2.24 bits per heavy atom. The molecule has 0 bridgehead atoms. The van der Waals surface area contributed by atoms with E-state index in [2.05, 4.69) is 41.4 Å². The molecule has 0 unspecified atom stereocenters. The molecule has 0 saturated carbocycles. The maximum Gasteiger partial charge on any atom is 0.251 e. The molecule has 0 aromatic heterocycles. The number of nitrogens with one attached hydrogen (secondary N) is 1. The maximum atomic E-state index is 13.0. The van der Waals surface area contributed by atoms with Crippen molar-refractivity contribution in [3.05, 3.63) is 94.5 Å². The second-order valence-corrected chi connectivity index (χ2v) is 12.6. The van der Waals surface area contributed by atoms with E-state index in [1.807, 2.05) is 51.1 Å². The number of carbonyl (C=O) groups is 1. The van der Waals surface area contributed by atoms with Crippen LogP contribution in [0.2, 0.25) is 0 Å². The van der Waals surface area contributed by atoms with Gasteiger partial charge in [-0.15, -0.1) is 0 Å². The Balaban J connectivity index is 1.41. The van der Waals surface area contributed by atoms with Crippen LogP contribution >= 0.6 is 0 Å². The number of anilines is 2. The SMILES string of the molecule is Cc1cccc(C)c1N(Cc1ccc(C(=O)N[C@@H](C)c2ccc(N3CCC[C@H](C)C3)cc2)cc1)S(C)(=O)=O. The molecule has 4 rings (SSSR count). The molecular weight excluding hydrogens is 494 g/mol. The van der Waals surface area contributed by atoms with Gasteiger partial charge >= 0.3 is 0 Å². The van der Waals surface area contributed by atoms with Crippen molar-refractivity contribution >= 4 is 27.3 Å². The maximum absolute atomic E-state index is 13.0. The van der Waals surface area contributed by atoms with Crippen LogP contribution in [-0.4, -0.2) is 33.7 Å². The molecule has 1 amide bonds. The van der Waals surface area contributed by atoms with Crippen LogP contribution in [0.25, 0.3) is 0 Å². The van der Waals surface area contributed by atoms with E-state index in [0.717, 1.165) is 35.3 Å². The number of aryl methyl sites for hydroxylation is 2. The number of sulfonamides is 1. The Morgan fingerprint density at radius 1 is 1.03 bits per heavy atom. The molecule has 202 valence electrons. The van der Waals surface area contributed by atoms with Crippen LogP contribution in [0.5, 0.6) is 0 Å². The highest BCUT2D eigenvalue weighted by Crippen LogP contribution is 2.29. The van der Waals surface area contributed by atoms with Gasteiger partial charge in [0.05, 0.1) is 24.5 Å². The minimum atomic E-state index is -3.50. The molecule has 6 nitrogen and oxygen atoms in total. The molecule has 3 aromatic carbocycles. The number of hydrogen-bond acceptors (Lipinski definition) is 4. The van der Waals surface area contributed by atoms with E-state index in [1.54, 1.807) is 12.1 Å². The van der Waals surface area contributed by atoms with Gasteiger partial charge in [-0.3, -0.25) is 9.10 Å². The Bertz CT molecular complexity index is 1350. The summed E-state index contributed by atoms with van der Waals surface area (Å²) in [5.74, 6) is 0.557. The van der Waals surface area contributed by atoms with Crippen molar-refractivity contribution in [2.24, 2.45) is 5.92 Å². The van der Waals surface area contributed by atoms with Crippen molar-refractivity contribution in [3.8, 4) is 0 Å². The summed E-state index contributed by atoms with van der Waals surface area (Å²) in [4.78, 5) is 15.4. The van der Waals surface area contributed by atoms with Gasteiger partial charge in [-0.1, -0.05) is 49.4 Å². The number of carbonyl (C=O) groups excluding carboxylic acids is 1. The van der Waals surface area contributed by atoms with Crippen LogP contribution in [0.15, 0.2) is 66.7 Å². The average Bonchev–Trinajstić information content (AvgIpc) is 2.88. The van der Waals surface area contributed by atoms with Gasteiger partial charge in [-0.2, -0.15) is 0 Å². The van der Waals surface area contributed by atoms with Crippen molar-refractivity contribution in [1.29, 1.82) is 0 Å². The first kappa shape index (κ1) is 27.7. The highest BCUT2D eigenvalue weighted by Gasteiger charge is 2.22. The highest BCUT2D eigenvalue weighted by atomic mass is 32.2. The Labute approximate surface area is 227 Å². The Morgan fingerprint density at radius 2 is 1.66 bits per heavy atom. The zero-order valence-electron chi connectivity index (χ0n) is 23.1. The summed E-state index contributed by atoms with van der Waals surface area (Å²) >= 11 is 0. The Kier molecular flexibility index (Phi) is 8.46. The number of rotatable bonds is 8. The fourth-order valence-corrected chi connectivity index (χ4v) is 6.25. The zero-order chi connectivity index (χ0) is 27.4. The largest absolute Gasteiger partial charge is 0.371 e. The van der Waals surface area contributed by atoms with Crippen LogP contribution in [0.3, 0.4) is 0 Å². The third kappa shape index (κ3) is 6.57. The number of piperidine rings is 1. The first-order valence-corrected chi connectivity index (χ1v) is 15.2.